The minimum atomic E-state index is -3.93. The molecule has 1 N–H and O–H groups in total. The van der Waals surface area contributed by atoms with E-state index in [1.54, 1.807) is 32.2 Å². The van der Waals surface area contributed by atoms with E-state index in [9.17, 15) is 22.4 Å². The molecule has 0 spiro atoms. The number of ether oxygens (including phenoxy) is 2. The topological polar surface area (TPSA) is 116 Å². The van der Waals surface area contributed by atoms with Crippen LogP contribution < -0.4 is 9.52 Å². The smallest absolute Gasteiger partial charge is 0.338 e. The van der Waals surface area contributed by atoms with Crippen LogP contribution >= 0.6 is 11.3 Å². The van der Waals surface area contributed by atoms with E-state index in [4.69, 9.17) is 9.47 Å². The molecule has 4 aromatic rings. The van der Waals surface area contributed by atoms with Crippen molar-refractivity contribution in [3.63, 3.8) is 0 Å². The number of methoxy groups -OCH3 is 1. The summed E-state index contributed by atoms with van der Waals surface area (Å²) in [5.74, 6) is -1.51. The summed E-state index contributed by atoms with van der Waals surface area (Å²) in [7, 11) is -2.35. The monoisotopic (exact) mass is 557 g/mol. The predicted molar refractivity (Wildman–Crippen MR) is 141 cm³/mol. The van der Waals surface area contributed by atoms with Gasteiger partial charge in [0.2, 0.25) is 0 Å². The Morgan fingerprint density at radius 1 is 1.03 bits per heavy atom. The molecule has 0 aliphatic carbocycles. The molecule has 0 saturated heterocycles. The fraction of sp³-hybridized carbons (Fsp3) is 0.192. The highest BCUT2D eigenvalue weighted by Crippen LogP contribution is 2.21. The van der Waals surface area contributed by atoms with Crippen LogP contribution in [-0.4, -0.2) is 45.2 Å². The SMILES string of the molecule is CCOC(=O)c1ccc2c(c1)sc(=NC(=O)c1ccc(NS(=O)(=O)c3ccc(F)cc3)cc1)n2CCOC. The Balaban J connectivity index is 1.61. The van der Waals surface area contributed by atoms with Crippen molar-refractivity contribution in [2.75, 3.05) is 25.0 Å². The van der Waals surface area contributed by atoms with Gasteiger partial charge in [0, 0.05) is 24.9 Å². The number of amides is 1. The van der Waals surface area contributed by atoms with Crippen LogP contribution in [0.15, 0.2) is 76.6 Å². The fourth-order valence-electron chi connectivity index (χ4n) is 3.56. The summed E-state index contributed by atoms with van der Waals surface area (Å²) in [5.41, 5.74) is 1.67. The number of thiazole rings is 1. The van der Waals surface area contributed by atoms with Crippen LogP contribution in [0.1, 0.15) is 27.6 Å². The lowest BCUT2D eigenvalue weighted by Gasteiger charge is -2.08. The minimum Gasteiger partial charge on any atom is -0.462 e. The largest absolute Gasteiger partial charge is 0.462 e. The van der Waals surface area contributed by atoms with Gasteiger partial charge in [-0.2, -0.15) is 4.99 Å². The average Bonchev–Trinajstić information content (AvgIpc) is 3.23. The van der Waals surface area contributed by atoms with Crippen molar-refractivity contribution in [3.8, 4) is 0 Å². The molecule has 1 heterocycles. The van der Waals surface area contributed by atoms with Crippen molar-refractivity contribution in [2.45, 2.75) is 18.4 Å². The molecule has 1 aromatic heterocycles. The first-order valence-corrected chi connectivity index (χ1v) is 13.8. The van der Waals surface area contributed by atoms with Crippen molar-refractivity contribution < 1.29 is 31.9 Å². The van der Waals surface area contributed by atoms with Gasteiger partial charge in [0.15, 0.2) is 4.80 Å². The fourth-order valence-corrected chi connectivity index (χ4v) is 5.71. The zero-order valence-corrected chi connectivity index (χ0v) is 22.1. The second-order valence-corrected chi connectivity index (χ2v) is 10.7. The highest BCUT2D eigenvalue weighted by atomic mass is 32.2. The molecule has 0 aliphatic rings. The van der Waals surface area contributed by atoms with Crippen LogP contribution in [0.3, 0.4) is 0 Å². The Bertz CT molecular complexity index is 1640. The van der Waals surface area contributed by atoms with Crippen LogP contribution in [-0.2, 0) is 26.0 Å². The molecule has 9 nitrogen and oxygen atoms in total. The van der Waals surface area contributed by atoms with E-state index in [2.05, 4.69) is 9.71 Å². The van der Waals surface area contributed by atoms with Gasteiger partial charge < -0.3 is 14.0 Å². The minimum absolute atomic E-state index is 0.0921. The molecule has 0 aliphatic heterocycles. The highest BCUT2D eigenvalue weighted by molar-refractivity contribution is 7.92. The van der Waals surface area contributed by atoms with Crippen LogP contribution in [0.25, 0.3) is 10.2 Å². The average molecular weight is 558 g/mol. The summed E-state index contributed by atoms with van der Waals surface area (Å²) in [6.45, 7) is 2.81. The zero-order chi connectivity index (χ0) is 27.3. The maximum Gasteiger partial charge on any atom is 0.338 e. The summed E-state index contributed by atoms with van der Waals surface area (Å²) < 4.78 is 53.4. The molecule has 0 radical (unpaired) electrons. The predicted octanol–water partition coefficient (Wildman–Crippen LogP) is 4.21. The van der Waals surface area contributed by atoms with Crippen molar-refractivity contribution >= 4 is 49.1 Å². The van der Waals surface area contributed by atoms with Crippen molar-refractivity contribution in [1.82, 2.24) is 4.57 Å². The van der Waals surface area contributed by atoms with Crippen molar-refractivity contribution in [2.24, 2.45) is 4.99 Å². The molecule has 12 heteroatoms. The zero-order valence-electron chi connectivity index (χ0n) is 20.5. The van der Waals surface area contributed by atoms with Crippen molar-refractivity contribution in [3.05, 3.63) is 88.5 Å². The van der Waals surface area contributed by atoms with Gasteiger partial charge in [-0.3, -0.25) is 9.52 Å². The number of esters is 1. The van der Waals surface area contributed by atoms with E-state index in [0.717, 1.165) is 34.5 Å². The first-order chi connectivity index (χ1) is 18.2. The van der Waals surface area contributed by atoms with Gasteiger partial charge in [-0.15, -0.1) is 0 Å². The second kappa shape index (κ2) is 11.7. The number of fused-ring (bicyclic) bond motifs is 1. The number of hydrogen-bond acceptors (Lipinski definition) is 7. The van der Waals surface area contributed by atoms with E-state index in [-0.39, 0.29) is 22.8 Å². The maximum absolute atomic E-state index is 13.1. The van der Waals surface area contributed by atoms with E-state index >= 15 is 0 Å². The number of benzene rings is 3. The maximum atomic E-state index is 13.1. The molecule has 1 amide bonds. The Kier molecular flexibility index (Phi) is 8.35. The number of nitrogens with zero attached hydrogens (tertiary/aromatic N) is 2. The summed E-state index contributed by atoms with van der Waals surface area (Å²) in [6.07, 6.45) is 0. The lowest BCUT2D eigenvalue weighted by atomic mass is 10.2. The van der Waals surface area contributed by atoms with Crippen LogP contribution in [0.5, 0.6) is 0 Å². The summed E-state index contributed by atoms with van der Waals surface area (Å²) >= 11 is 1.25. The molecule has 0 atom stereocenters. The van der Waals surface area contributed by atoms with Crippen LogP contribution in [0.2, 0.25) is 0 Å². The highest BCUT2D eigenvalue weighted by Gasteiger charge is 2.16. The third kappa shape index (κ3) is 6.15. The number of carbonyl (C=O) groups is 2. The summed E-state index contributed by atoms with van der Waals surface area (Å²) in [5, 5.41) is 0. The van der Waals surface area contributed by atoms with Crippen molar-refractivity contribution in [1.29, 1.82) is 0 Å². The molecule has 198 valence electrons. The Morgan fingerprint density at radius 2 is 1.71 bits per heavy atom. The van der Waals surface area contributed by atoms with E-state index < -0.39 is 27.7 Å². The number of sulfonamides is 1. The molecule has 0 unspecified atom stereocenters. The van der Waals surface area contributed by atoms with E-state index in [0.29, 0.717) is 23.5 Å². The van der Waals surface area contributed by atoms with Gasteiger partial charge in [-0.05, 0) is 73.7 Å². The van der Waals surface area contributed by atoms with E-state index in [1.165, 1.54) is 35.6 Å². The first-order valence-electron chi connectivity index (χ1n) is 11.5. The number of aromatic nitrogens is 1. The number of halogens is 1. The Morgan fingerprint density at radius 3 is 2.37 bits per heavy atom. The van der Waals surface area contributed by atoms with Gasteiger partial charge >= 0.3 is 5.97 Å². The summed E-state index contributed by atoms with van der Waals surface area (Å²) in [6, 6.07) is 15.4. The quantitative estimate of drug-likeness (QED) is 0.308. The van der Waals surface area contributed by atoms with Crippen LogP contribution in [0.4, 0.5) is 10.1 Å². The lowest BCUT2D eigenvalue weighted by molar-refractivity contribution is 0.0526. The van der Waals surface area contributed by atoms with Crippen LogP contribution in [0, 0.1) is 5.82 Å². The molecule has 4 rings (SSSR count). The Labute approximate surface area is 222 Å². The molecule has 3 aromatic carbocycles. The molecule has 38 heavy (non-hydrogen) atoms. The molecular weight excluding hydrogens is 533 g/mol. The third-order valence-corrected chi connectivity index (χ3v) is 7.86. The van der Waals surface area contributed by atoms with Gasteiger partial charge in [0.1, 0.15) is 5.82 Å². The van der Waals surface area contributed by atoms with Gasteiger partial charge in [0.05, 0.1) is 33.9 Å². The molecule has 0 fully saturated rings. The normalized spacial score (nSPS) is 12.0. The number of anilines is 1. The van der Waals surface area contributed by atoms with Gasteiger partial charge in [0.25, 0.3) is 15.9 Å². The Hall–Kier alpha value is -3.87. The lowest BCUT2D eigenvalue weighted by Crippen LogP contribution is -2.19. The second-order valence-electron chi connectivity index (χ2n) is 7.99. The first kappa shape index (κ1) is 27.2. The standard InChI is InChI=1S/C26H24FN3O6S2/c1-3-36-25(32)18-6-13-22-23(16-18)37-26(30(22)14-15-35-2)28-24(31)17-4-9-20(10-5-17)29-38(33,34)21-11-7-19(27)8-12-21/h4-13,16,29H,3,14-15H2,1-2H3. The molecule has 0 saturated carbocycles. The van der Waals surface area contributed by atoms with Gasteiger partial charge in [-0.1, -0.05) is 11.3 Å². The third-order valence-electron chi connectivity index (χ3n) is 5.42. The summed E-state index contributed by atoms with van der Waals surface area (Å²) in [4.78, 5) is 29.7. The number of rotatable bonds is 9. The number of nitrogens with one attached hydrogen (secondary N) is 1. The number of hydrogen-bond donors (Lipinski definition) is 1. The molecule has 0 bridgehead atoms. The number of carbonyl (C=O) groups excluding carboxylic acids is 2. The van der Waals surface area contributed by atoms with Gasteiger partial charge in [-0.25, -0.2) is 17.6 Å². The molecular formula is C26H24FN3O6S2. The van der Waals surface area contributed by atoms with E-state index in [1.807, 2.05) is 4.57 Å².